The van der Waals surface area contributed by atoms with Crippen molar-refractivity contribution in [3.63, 3.8) is 0 Å². The van der Waals surface area contributed by atoms with Crippen molar-refractivity contribution < 1.29 is 39.6 Å². The van der Waals surface area contributed by atoms with Gasteiger partial charge in [0, 0.05) is 0 Å². The van der Waals surface area contributed by atoms with E-state index >= 15 is 0 Å². The first kappa shape index (κ1) is 13.9. The summed E-state index contributed by atoms with van der Waals surface area (Å²) in [6.07, 6.45) is -0.739. The molecule has 4 atom stereocenters. The molecular weight excluding hydrogens is 248 g/mol. The van der Waals surface area contributed by atoms with E-state index in [4.69, 9.17) is 20.4 Å². The Morgan fingerprint density at radius 1 is 0.667 bits per heavy atom. The molecule has 100 valence electrons. The van der Waals surface area contributed by atoms with Crippen molar-refractivity contribution in [1.82, 2.24) is 0 Å². The molecule has 1 fully saturated rings. The largest absolute Gasteiger partial charge is 0.481 e. The minimum Gasteiger partial charge on any atom is -0.481 e. The lowest BCUT2D eigenvalue weighted by Crippen LogP contribution is -2.46. The third kappa shape index (κ3) is 2.58. The third-order valence-corrected chi connectivity index (χ3v) is 3.21. The Morgan fingerprint density at radius 3 is 1.28 bits per heavy atom. The van der Waals surface area contributed by atoms with Crippen LogP contribution in [0.25, 0.3) is 0 Å². The zero-order valence-electron chi connectivity index (χ0n) is 9.15. The Labute approximate surface area is 101 Å². The Bertz CT molecular complexity index is 377. The predicted molar refractivity (Wildman–Crippen MR) is 53.7 cm³/mol. The van der Waals surface area contributed by atoms with E-state index in [1.807, 2.05) is 0 Å². The maximum Gasteiger partial charge on any atom is 0.308 e. The van der Waals surface area contributed by atoms with Gasteiger partial charge in [-0.1, -0.05) is 0 Å². The summed E-state index contributed by atoms with van der Waals surface area (Å²) in [5.74, 6) is -11.6. The average Bonchev–Trinajstić information content (AvgIpc) is 2.26. The van der Waals surface area contributed by atoms with E-state index in [-0.39, 0.29) is 12.8 Å². The Morgan fingerprint density at radius 2 is 1.06 bits per heavy atom. The van der Waals surface area contributed by atoms with Gasteiger partial charge in [-0.15, -0.1) is 0 Å². The van der Waals surface area contributed by atoms with Crippen LogP contribution >= 0.6 is 0 Å². The van der Waals surface area contributed by atoms with Gasteiger partial charge in [0.1, 0.15) is 0 Å². The molecule has 2 unspecified atom stereocenters. The molecule has 0 heterocycles. The molecule has 0 aromatic carbocycles. The smallest absolute Gasteiger partial charge is 0.308 e. The first-order valence-electron chi connectivity index (χ1n) is 5.17. The molecule has 8 nitrogen and oxygen atoms in total. The van der Waals surface area contributed by atoms with Gasteiger partial charge in [-0.25, -0.2) is 0 Å². The molecule has 1 aliphatic carbocycles. The van der Waals surface area contributed by atoms with E-state index in [1.54, 1.807) is 0 Å². The fraction of sp³-hybridized carbons (Fsp3) is 0.600. The van der Waals surface area contributed by atoms with Crippen molar-refractivity contribution in [3.05, 3.63) is 0 Å². The van der Waals surface area contributed by atoms with E-state index in [0.29, 0.717) is 0 Å². The van der Waals surface area contributed by atoms with Crippen LogP contribution in [-0.2, 0) is 19.2 Å². The van der Waals surface area contributed by atoms with Crippen molar-refractivity contribution in [1.29, 1.82) is 0 Å². The molecule has 1 aliphatic rings. The molecule has 0 radical (unpaired) electrons. The lowest BCUT2D eigenvalue weighted by molar-refractivity contribution is -0.169. The molecule has 0 aliphatic heterocycles. The Hall–Kier alpha value is -2.12. The maximum atomic E-state index is 11.0. The summed E-state index contributed by atoms with van der Waals surface area (Å²) < 4.78 is 0. The fourth-order valence-electron chi connectivity index (χ4n) is 2.34. The van der Waals surface area contributed by atoms with Gasteiger partial charge in [0.05, 0.1) is 23.7 Å². The highest BCUT2D eigenvalue weighted by atomic mass is 16.4. The number of rotatable bonds is 4. The minimum atomic E-state index is -1.60. The normalized spacial score (nSPS) is 31.6. The van der Waals surface area contributed by atoms with Crippen molar-refractivity contribution >= 4 is 23.9 Å². The molecule has 1 rings (SSSR count). The molecule has 1 saturated carbocycles. The van der Waals surface area contributed by atoms with E-state index in [2.05, 4.69) is 0 Å². The first-order valence-corrected chi connectivity index (χ1v) is 5.17. The molecule has 0 spiro atoms. The number of carbonyl (C=O) groups is 4. The zero-order chi connectivity index (χ0) is 14.0. The highest BCUT2D eigenvalue weighted by molar-refractivity contribution is 5.87. The summed E-state index contributed by atoms with van der Waals surface area (Å²) in [7, 11) is 0. The average molecular weight is 260 g/mol. The van der Waals surface area contributed by atoms with Crippen LogP contribution in [0.15, 0.2) is 0 Å². The van der Waals surface area contributed by atoms with Gasteiger partial charge >= 0.3 is 23.9 Å². The quantitative estimate of drug-likeness (QED) is 0.532. The van der Waals surface area contributed by atoms with E-state index < -0.39 is 47.5 Å². The third-order valence-electron chi connectivity index (χ3n) is 3.21. The summed E-state index contributed by atoms with van der Waals surface area (Å²) in [4.78, 5) is 43.7. The van der Waals surface area contributed by atoms with Gasteiger partial charge in [-0.2, -0.15) is 0 Å². The fourth-order valence-corrected chi connectivity index (χ4v) is 2.34. The van der Waals surface area contributed by atoms with Gasteiger partial charge in [0.2, 0.25) is 0 Å². The van der Waals surface area contributed by atoms with E-state index in [1.165, 1.54) is 0 Å². The molecular formula is C10H12O8. The number of carboxylic acids is 4. The molecule has 0 bridgehead atoms. The van der Waals surface area contributed by atoms with Crippen LogP contribution in [0.2, 0.25) is 0 Å². The van der Waals surface area contributed by atoms with Gasteiger partial charge in [0.25, 0.3) is 0 Å². The van der Waals surface area contributed by atoms with E-state index in [0.717, 1.165) is 0 Å². The second kappa shape index (κ2) is 5.03. The standard InChI is InChI=1S/C10H12O8/c11-7(12)3-1-4(8(13)14)6(10(17)18)5(2-3)9(15)16/h3-6H,1-2H2,(H,11,12)(H,13,14)(H,15,16)(H,17,18)/t3?,4-,5?,6-/m0/s1. The van der Waals surface area contributed by atoms with Crippen molar-refractivity contribution in [2.24, 2.45) is 23.7 Å². The number of hydrogen-bond donors (Lipinski definition) is 4. The number of carboxylic acid groups (broad SMARTS) is 4. The SMILES string of the molecule is O=C(O)C1CC(C(=O)O)[C@@H](C(=O)O)[C@@H](C(=O)O)C1. The maximum absolute atomic E-state index is 11.0. The molecule has 8 heteroatoms. The predicted octanol–water partition coefficient (Wildman–Crippen LogP) is -0.417. The van der Waals surface area contributed by atoms with Crippen LogP contribution in [0.3, 0.4) is 0 Å². The summed E-state index contributed by atoms with van der Waals surface area (Å²) in [5.41, 5.74) is 0. The highest BCUT2D eigenvalue weighted by Crippen LogP contribution is 2.39. The Kier molecular flexibility index (Phi) is 3.89. The van der Waals surface area contributed by atoms with Crippen LogP contribution in [0.5, 0.6) is 0 Å². The minimum absolute atomic E-state index is 0.370. The first-order chi connectivity index (χ1) is 8.25. The summed E-state index contributed by atoms with van der Waals surface area (Å²) in [6.45, 7) is 0. The van der Waals surface area contributed by atoms with Gasteiger partial charge in [-0.05, 0) is 12.8 Å². The lowest BCUT2D eigenvalue weighted by Gasteiger charge is -2.34. The highest BCUT2D eigenvalue weighted by Gasteiger charge is 2.50. The molecule has 0 aromatic rings. The van der Waals surface area contributed by atoms with Crippen LogP contribution in [0.4, 0.5) is 0 Å². The van der Waals surface area contributed by atoms with Crippen LogP contribution < -0.4 is 0 Å². The summed E-state index contributed by atoms with van der Waals surface area (Å²) >= 11 is 0. The molecule has 4 N–H and O–H groups in total. The van der Waals surface area contributed by atoms with Gasteiger partial charge in [0.15, 0.2) is 0 Å². The monoisotopic (exact) mass is 260 g/mol. The van der Waals surface area contributed by atoms with Crippen LogP contribution in [-0.4, -0.2) is 44.3 Å². The summed E-state index contributed by atoms with van der Waals surface area (Å²) in [6, 6.07) is 0. The van der Waals surface area contributed by atoms with Crippen LogP contribution in [0, 0.1) is 23.7 Å². The van der Waals surface area contributed by atoms with Crippen molar-refractivity contribution in [2.75, 3.05) is 0 Å². The van der Waals surface area contributed by atoms with Gasteiger partial charge in [-0.3, -0.25) is 19.2 Å². The molecule has 0 aromatic heterocycles. The number of aliphatic carboxylic acids is 4. The number of hydrogen-bond acceptors (Lipinski definition) is 4. The molecule has 0 saturated heterocycles. The second-order valence-corrected chi connectivity index (χ2v) is 4.26. The topological polar surface area (TPSA) is 149 Å². The molecule has 18 heavy (non-hydrogen) atoms. The Balaban J connectivity index is 3.12. The summed E-state index contributed by atoms with van der Waals surface area (Å²) in [5, 5.41) is 35.6. The van der Waals surface area contributed by atoms with Crippen molar-refractivity contribution in [2.45, 2.75) is 12.8 Å². The van der Waals surface area contributed by atoms with E-state index in [9.17, 15) is 19.2 Å². The second-order valence-electron chi connectivity index (χ2n) is 4.26. The zero-order valence-corrected chi connectivity index (χ0v) is 9.15. The molecule has 0 amide bonds. The van der Waals surface area contributed by atoms with Crippen LogP contribution in [0.1, 0.15) is 12.8 Å². The van der Waals surface area contributed by atoms with Crippen molar-refractivity contribution in [3.8, 4) is 0 Å². The lowest BCUT2D eigenvalue weighted by atomic mass is 9.67. The van der Waals surface area contributed by atoms with Gasteiger partial charge < -0.3 is 20.4 Å².